The van der Waals surface area contributed by atoms with Crippen molar-refractivity contribution < 1.29 is 9.22 Å². The zero-order valence-electron chi connectivity index (χ0n) is 28.5. The van der Waals surface area contributed by atoms with Crippen molar-refractivity contribution in [2.45, 2.75) is 115 Å². The lowest BCUT2D eigenvalue weighted by Crippen LogP contribution is -2.55. The molecule has 4 nitrogen and oxygen atoms in total. The first-order valence-corrected chi connectivity index (χ1v) is 20.5. The van der Waals surface area contributed by atoms with Gasteiger partial charge in [0, 0.05) is 29.1 Å². The standard InChI is InChI=1S/C38H56Cl2N2O2Si/c1-27(2)45(28(3)4,29(5)6)44-23-19-38(18-22-41-20-7-8-21-41)25-35(32-10-9-11-34(40)24-32)36(31-14-16-33(39)17-15-31)42(37(38)43)26-30-12-13-30/h9-11,14-17,24,27-30,35-36H,7-8,12-13,18-23,25-26H2,1-6H3/t35?,36-,38?/m1/s1. The van der Waals surface area contributed by atoms with Gasteiger partial charge in [-0.15, -0.1) is 0 Å². The smallest absolute Gasteiger partial charge is 0.229 e. The molecule has 0 spiro atoms. The van der Waals surface area contributed by atoms with Crippen molar-refractivity contribution in [1.82, 2.24) is 9.80 Å². The zero-order chi connectivity index (χ0) is 32.4. The van der Waals surface area contributed by atoms with Crippen LogP contribution in [0.4, 0.5) is 0 Å². The molecule has 0 aromatic heterocycles. The number of nitrogens with zero attached hydrogens (tertiary/aromatic N) is 2. The molecule has 2 heterocycles. The Balaban J connectivity index is 1.56. The largest absolute Gasteiger partial charge is 0.416 e. The Morgan fingerprint density at radius 2 is 1.51 bits per heavy atom. The first-order chi connectivity index (χ1) is 21.5. The van der Waals surface area contributed by atoms with E-state index in [1.807, 2.05) is 18.2 Å². The maximum absolute atomic E-state index is 15.3. The predicted octanol–water partition coefficient (Wildman–Crippen LogP) is 10.5. The van der Waals surface area contributed by atoms with E-state index in [1.165, 1.54) is 31.2 Å². The number of benzene rings is 2. The lowest BCUT2D eigenvalue weighted by atomic mass is 9.65. The second kappa shape index (κ2) is 14.8. The van der Waals surface area contributed by atoms with E-state index >= 15 is 4.79 Å². The van der Waals surface area contributed by atoms with Crippen LogP contribution in [0.1, 0.15) is 110 Å². The number of hydrogen-bond acceptors (Lipinski definition) is 3. The minimum Gasteiger partial charge on any atom is -0.416 e. The molecule has 2 aliphatic heterocycles. The summed E-state index contributed by atoms with van der Waals surface area (Å²) < 4.78 is 7.19. The second-order valence-electron chi connectivity index (χ2n) is 15.3. The highest BCUT2D eigenvalue weighted by atomic mass is 35.5. The minimum absolute atomic E-state index is 0.0508. The van der Waals surface area contributed by atoms with E-state index in [-0.39, 0.29) is 12.0 Å². The van der Waals surface area contributed by atoms with E-state index in [9.17, 15) is 0 Å². The summed E-state index contributed by atoms with van der Waals surface area (Å²) in [6, 6.07) is 16.5. The Bertz CT molecular complexity index is 1250. The van der Waals surface area contributed by atoms with Crippen LogP contribution in [0, 0.1) is 11.3 Å². The Kier molecular flexibility index (Phi) is 11.5. The summed E-state index contributed by atoms with van der Waals surface area (Å²) in [5.41, 5.74) is 3.43. The molecule has 2 saturated heterocycles. The molecule has 3 atom stereocenters. The predicted molar refractivity (Wildman–Crippen MR) is 192 cm³/mol. The van der Waals surface area contributed by atoms with Crippen LogP contribution < -0.4 is 0 Å². The lowest BCUT2D eigenvalue weighted by molar-refractivity contribution is -0.155. The summed E-state index contributed by atoms with van der Waals surface area (Å²) in [4.78, 5) is 20.1. The summed E-state index contributed by atoms with van der Waals surface area (Å²) >= 11 is 13.0. The van der Waals surface area contributed by atoms with Crippen LogP contribution in [-0.2, 0) is 9.22 Å². The molecular formula is C38H56Cl2N2O2Si. The average molecular weight is 672 g/mol. The molecule has 7 heteroatoms. The second-order valence-corrected chi connectivity index (χ2v) is 21.6. The van der Waals surface area contributed by atoms with Gasteiger partial charge in [-0.25, -0.2) is 0 Å². The van der Waals surface area contributed by atoms with Crippen LogP contribution in [0.2, 0.25) is 26.7 Å². The van der Waals surface area contributed by atoms with Gasteiger partial charge in [-0.2, -0.15) is 0 Å². The molecule has 45 heavy (non-hydrogen) atoms. The highest BCUT2D eigenvalue weighted by molar-refractivity contribution is 6.77. The van der Waals surface area contributed by atoms with E-state index in [0.717, 1.165) is 61.1 Å². The van der Waals surface area contributed by atoms with Crippen LogP contribution in [0.5, 0.6) is 0 Å². The van der Waals surface area contributed by atoms with Gasteiger partial charge in [0.15, 0.2) is 8.32 Å². The number of rotatable bonds is 14. The molecule has 0 bridgehead atoms. The molecule has 5 rings (SSSR count). The normalized spacial score (nSPS) is 24.9. The maximum Gasteiger partial charge on any atom is 0.229 e. The summed E-state index contributed by atoms with van der Waals surface area (Å²) in [7, 11) is -2.07. The molecule has 1 amide bonds. The van der Waals surface area contributed by atoms with Gasteiger partial charge in [0.25, 0.3) is 0 Å². The molecule has 0 radical (unpaired) electrons. The number of halogens is 2. The van der Waals surface area contributed by atoms with Gasteiger partial charge < -0.3 is 14.2 Å². The fraction of sp³-hybridized carbons (Fsp3) is 0.658. The number of piperidine rings is 1. The monoisotopic (exact) mass is 670 g/mol. The highest BCUT2D eigenvalue weighted by Gasteiger charge is 2.53. The Labute approximate surface area is 284 Å². The zero-order valence-corrected chi connectivity index (χ0v) is 31.0. The van der Waals surface area contributed by atoms with Crippen molar-refractivity contribution in [3.05, 3.63) is 69.7 Å². The number of likely N-dealkylation sites (tertiary alicyclic amines) is 2. The van der Waals surface area contributed by atoms with Crippen LogP contribution in [-0.4, -0.2) is 56.8 Å². The lowest BCUT2D eigenvalue weighted by Gasteiger charge is -2.52. The summed E-state index contributed by atoms with van der Waals surface area (Å²) in [5, 5.41) is 1.47. The molecule has 1 saturated carbocycles. The third-order valence-electron chi connectivity index (χ3n) is 11.4. The van der Waals surface area contributed by atoms with Crippen LogP contribution in [0.15, 0.2) is 48.5 Å². The Hall–Kier alpha value is -1.37. The van der Waals surface area contributed by atoms with Crippen molar-refractivity contribution in [2.75, 3.05) is 32.8 Å². The van der Waals surface area contributed by atoms with Crippen molar-refractivity contribution in [3.8, 4) is 0 Å². The van der Waals surface area contributed by atoms with Gasteiger partial charge in [0.2, 0.25) is 5.91 Å². The summed E-state index contributed by atoms with van der Waals surface area (Å²) in [5.74, 6) is 1.04. The van der Waals surface area contributed by atoms with E-state index in [2.05, 4.69) is 81.7 Å². The average Bonchev–Trinajstić information content (AvgIpc) is 3.66. The number of hydrogen-bond donors (Lipinski definition) is 0. The third kappa shape index (κ3) is 7.69. The molecule has 2 aromatic carbocycles. The van der Waals surface area contributed by atoms with Gasteiger partial charge >= 0.3 is 0 Å². The first kappa shape index (κ1) is 34.9. The van der Waals surface area contributed by atoms with Crippen LogP contribution in [0.3, 0.4) is 0 Å². The topological polar surface area (TPSA) is 32.8 Å². The number of carbonyl (C=O) groups is 1. The molecule has 2 aromatic rings. The van der Waals surface area contributed by atoms with Crippen LogP contribution >= 0.6 is 23.2 Å². The molecule has 2 unspecified atom stereocenters. The fourth-order valence-electron chi connectivity index (χ4n) is 9.00. The van der Waals surface area contributed by atoms with Gasteiger partial charge in [-0.3, -0.25) is 4.79 Å². The molecule has 248 valence electrons. The van der Waals surface area contributed by atoms with Gasteiger partial charge in [0.1, 0.15) is 0 Å². The van der Waals surface area contributed by atoms with Crippen LogP contribution in [0.25, 0.3) is 0 Å². The van der Waals surface area contributed by atoms with E-state index in [0.29, 0.717) is 35.1 Å². The minimum atomic E-state index is -2.07. The van der Waals surface area contributed by atoms with Gasteiger partial charge in [0.05, 0.1) is 11.5 Å². The van der Waals surface area contributed by atoms with Crippen molar-refractivity contribution in [2.24, 2.45) is 11.3 Å². The van der Waals surface area contributed by atoms with Gasteiger partial charge in [-0.1, -0.05) is 89.0 Å². The van der Waals surface area contributed by atoms with E-state index in [4.69, 9.17) is 27.6 Å². The SMILES string of the molecule is CC(C)[Si](OCCC1(CCN2CCCC2)CC(c2cccc(Cl)c2)[C@@H](c2ccc(Cl)cc2)N(CC2CC2)C1=O)(C(C)C)C(C)C. The first-order valence-electron chi connectivity index (χ1n) is 17.6. The number of amides is 1. The third-order valence-corrected chi connectivity index (χ3v) is 18.0. The van der Waals surface area contributed by atoms with E-state index in [1.54, 1.807) is 0 Å². The molecule has 3 fully saturated rings. The fourth-order valence-corrected chi connectivity index (χ4v) is 14.8. The summed E-state index contributed by atoms with van der Waals surface area (Å²) in [6.07, 6.45) is 7.37. The molecular weight excluding hydrogens is 615 g/mol. The molecule has 1 aliphatic carbocycles. The van der Waals surface area contributed by atoms with Crippen molar-refractivity contribution in [3.63, 3.8) is 0 Å². The molecule has 3 aliphatic rings. The summed E-state index contributed by atoms with van der Waals surface area (Å²) in [6.45, 7) is 18.8. The number of carbonyl (C=O) groups excluding carboxylic acids is 1. The van der Waals surface area contributed by atoms with Gasteiger partial charge in [-0.05, 0) is 123 Å². The van der Waals surface area contributed by atoms with Crippen molar-refractivity contribution >= 4 is 37.4 Å². The van der Waals surface area contributed by atoms with E-state index < -0.39 is 13.7 Å². The molecule has 0 N–H and O–H groups in total. The highest BCUT2D eigenvalue weighted by Crippen LogP contribution is 2.54. The Morgan fingerprint density at radius 1 is 0.867 bits per heavy atom. The maximum atomic E-state index is 15.3. The Morgan fingerprint density at radius 3 is 2.09 bits per heavy atom. The van der Waals surface area contributed by atoms with Crippen molar-refractivity contribution in [1.29, 1.82) is 0 Å². The quantitative estimate of drug-likeness (QED) is 0.187.